The third-order valence-electron chi connectivity index (χ3n) is 7.61. The number of para-hydroxylation sites is 1. The second-order valence-corrected chi connectivity index (χ2v) is 8.94. The highest BCUT2D eigenvalue weighted by atomic mass is 15.2. The average molecular weight is 370 g/mol. The third-order valence-corrected chi connectivity index (χ3v) is 7.61. The number of rotatable bonds is 1. The van der Waals surface area contributed by atoms with Gasteiger partial charge in [-0.1, -0.05) is 37.5 Å². The van der Waals surface area contributed by atoms with Gasteiger partial charge in [-0.25, -0.2) is 4.98 Å². The van der Waals surface area contributed by atoms with Gasteiger partial charge in [0.1, 0.15) is 5.82 Å². The molecule has 142 valence electrons. The standard InChI is InChI=1S/C25H27N3/c1-17-14-23-19(16-24-26-12-13-27(23)24)15-22(17)28-18(2)25(10-6-3-7-11-25)20-8-4-5-9-21(20)28/h4-5,8-9,12-15,18H,3,6-7,10-11,16H2,1-2H3. The van der Waals surface area contributed by atoms with Crippen molar-refractivity contribution >= 4 is 11.4 Å². The Labute approximate surface area is 167 Å². The number of hydrogen-bond acceptors (Lipinski definition) is 2. The van der Waals surface area contributed by atoms with Gasteiger partial charge in [0.15, 0.2) is 0 Å². The minimum absolute atomic E-state index is 0.313. The average Bonchev–Trinajstić information content (AvgIpc) is 3.36. The summed E-state index contributed by atoms with van der Waals surface area (Å²) in [5.41, 5.74) is 8.76. The number of nitrogens with zero attached hydrogens (tertiary/aromatic N) is 3. The molecule has 3 nitrogen and oxygen atoms in total. The van der Waals surface area contributed by atoms with Crippen molar-refractivity contribution in [3.8, 4) is 5.69 Å². The predicted molar refractivity (Wildman–Crippen MR) is 114 cm³/mol. The zero-order valence-electron chi connectivity index (χ0n) is 16.8. The van der Waals surface area contributed by atoms with Crippen molar-refractivity contribution in [3.05, 3.63) is 71.3 Å². The van der Waals surface area contributed by atoms with E-state index in [-0.39, 0.29) is 0 Å². The van der Waals surface area contributed by atoms with E-state index >= 15 is 0 Å². The first kappa shape index (κ1) is 16.4. The molecule has 1 unspecified atom stereocenters. The molecule has 0 amide bonds. The topological polar surface area (TPSA) is 21.1 Å². The van der Waals surface area contributed by atoms with Gasteiger partial charge in [-0.15, -0.1) is 0 Å². The lowest BCUT2D eigenvalue weighted by molar-refractivity contribution is 0.268. The fourth-order valence-corrected chi connectivity index (χ4v) is 6.20. The lowest BCUT2D eigenvalue weighted by Gasteiger charge is -2.40. The van der Waals surface area contributed by atoms with E-state index in [0.29, 0.717) is 11.5 Å². The van der Waals surface area contributed by atoms with Gasteiger partial charge in [0, 0.05) is 41.6 Å². The van der Waals surface area contributed by atoms with E-state index in [9.17, 15) is 0 Å². The predicted octanol–water partition coefficient (Wildman–Crippen LogP) is 5.83. The van der Waals surface area contributed by atoms with E-state index in [1.807, 2.05) is 6.20 Å². The number of benzene rings is 2. The van der Waals surface area contributed by atoms with Crippen molar-refractivity contribution in [3.63, 3.8) is 0 Å². The summed E-state index contributed by atoms with van der Waals surface area (Å²) in [6, 6.07) is 14.5. The zero-order valence-corrected chi connectivity index (χ0v) is 16.8. The van der Waals surface area contributed by atoms with E-state index in [2.05, 4.69) is 70.9 Å². The number of fused-ring (bicyclic) bond motifs is 5. The highest BCUT2D eigenvalue weighted by Crippen LogP contribution is 2.55. The molecule has 0 N–H and O–H groups in total. The van der Waals surface area contributed by atoms with Crippen molar-refractivity contribution < 1.29 is 0 Å². The van der Waals surface area contributed by atoms with Gasteiger partial charge in [0.2, 0.25) is 0 Å². The molecule has 3 heterocycles. The van der Waals surface area contributed by atoms with E-state index in [1.54, 1.807) is 5.56 Å². The van der Waals surface area contributed by atoms with Crippen LogP contribution in [0.3, 0.4) is 0 Å². The van der Waals surface area contributed by atoms with E-state index in [0.717, 1.165) is 12.2 Å². The molecule has 1 saturated carbocycles. The largest absolute Gasteiger partial charge is 0.337 e. The summed E-state index contributed by atoms with van der Waals surface area (Å²) < 4.78 is 2.25. The lowest BCUT2D eigenvalue weighted by atomic mass is 9.67. The molecule has 28 heavy (non-hydrogen) atoms. The molecule has 1 spiro atoms. The fraction of sp³-hybridized carbons (Fsp3) is 0.400. The van der Waals surface area contributed by atoms with Crippen LogP contribution in [0.4, 0.5) is 11.4 Å². The quantitative estimate of drug-likeness (QED) is 0.421. The molecule has 6 rings (SSSR count). The van der Waals surface area contributed by atoms with Gasteiger partial charge in [0.05, 0.1) is 5.69 Å². The third kappa shape index (κ3) is 2.02. The number of anilines is 2. The molecule has 1 aliphatic carbocycles. The van der Waals surface area contributed by atoms with Crippen LogP contribution in [0, 0.1) is 6.92 Å². The summed E-state index contributed by atoms with van der Waals surface area (Å²) >= 11 is 0. The Bertz CT molecular complexity index is 1070. The smallest absolute Gasteiger partial charge is 0.117 e. The Morgan fingerprint density at radius 2 is 1.82 bits per heavy atom. The van der Waals surface area contributed by atoms with Crippen molar-refractivity contribution in [2.45, 2.75) is 63.8 Å². The first-order chi connectivity index (χ1) is 13.7. The van der Waals surface area contributed by atoms with Gasteiger partial charge in [0.25, 0.3) is 0 Å². The van der Waals surface area contributed by atoms with Gasteiger partial charge >= 0.3 is 0 Å². The SMILES string of the molecule is Cc1cc2c(cc1N1c3ccccc3C3(CCCCC3)C1C)Cc1nccn1-2. The number of hydrogen-bond donors (Lipinski definition) is 0. The van der Waals surface area contributed by atoms with Gasteiger partial charge < -0.3 is 9.47 Å². The fourth-order valence-electron chi connectivity index (χ4n) is 6.20. The van der Waals surface area contributed by atoms with Crippen LogP contribution in [0.5, 0.6) is 0 Å². The van der Waals surface area contributed by atoms with Gasteiger partial charge in [-0.2, -0.15) is 0 Å². The first-order valence-electron chi connectivity index (χ1n) is 10.7. The van der Waals surface area contributed by atoms with Crippen LogP contribution < -0.4 is 4.90 Å². The van der Waals surface area contributed by atoms with Crippen LogP contribution >= 0.6 is 0 Å². The molecule has 2 aromatic carbocycles. The first-order valence-corrected chi connectivity index (χ1v) is 10.7. The molecule has 0 radical (unpaired) electrons. The van der Waals surface area contributed by atoms with Crippen LogP contribution in [0.25, 0.3) is 5.69 Å². The van der Waals surface area contributed by atoms with E-state index in [1.165, 1.54) is 60.3 Å². The van der Waals surface area contributed by atoms with Crippen LogP contribution in [0.2, 0.25) is 0 Å². The van der Waals surface area contributed by atoms with Crippen LogP contribution in [0.15, 0.2) is 48.8 Å². The van der Waals surface area contributed by atoms with Crippen molar-refractivity contribution in [2.75, 3.05) is 4.90 Å². The normalized spacial score (nSPS) is 21.6. The number of imidazole rings is 1. The Morgan fingerprint density at radius 1 is 1.00 bits per heavy atom. The van der Waals surface area contributed by atoms with Crippen molar-refractivity contribution in [2.24, 2.45) is 0 Å². The van der Waals surface area contributed by atoms with Crippen LogP contribution in [-0.4, -0.2) is 15.6 Å². The molecular formula is C25H27N3. The molecule has 3 aliphatic rings. The molecule has 3 heteroatoms. The summed E-state index contributed by atoms with van der Waals surface area (Å²) in [4.78, 5) is 7.19. The minimum atomic E-state index is 0.313. The Balaban J connectivity index is 1.51. The molecule has 0 saturated heterocycles. The maximum Gasteiger partial charge on any atom is 0.117 e. The minimum Gasteiger partial charge on any atom is -0.337 e. The molecule has 0 bridgehead atoms. The molecule has 2 aliphatic heterocycles. The maximum atomic E-state index is 4.54. The maximum absolute atomic E-state index is 4.54. The zero-order chi connectivity index (χ0) is 18.9. The summed E-state index contributed by atoms with van der Waals surface area (Å²) in [6.07, 6.45) is 11.7. The summed E-state index contributed by atoms with van der Waals surface area (Å²) in [7, 11) is 0. The monoisotopic (exact) mass is 369 g/mol. The Kier molecular flexibility index (Phi) is 3.36. The molecular weight excluding hydrogens is 342 g/mol. The molecule has 1 aromatic heterocycles. The highest BCUT2D eigenvalue weighted by Gasteiger charge is 2.49. The van der Waals surface area contributed by atoms with Crippen molar-refractivity contribution in [1.82, 2.24) is 9.55 Å². The molecule has 3 aromatic rings. The molecule has 1 fully saturated rings. The van der Waals surface area contributed by atoms with E-state index < -0.39 is 0 Å². The Hall–Kier alpha value is -2.55. The lowest BCUT2D eigenvalue weighted by Crippen LogP contribution is -2.42. The van der Waals surface area contributed by atoms with Crippen LogP contribution in [0.1, 0.15) is 61.5 Å². The highest BCUT2D eigenvalue weighted by molar-refractivity contribution is 5.78. The van der Waals surface area contributed by atoms with Gasteiger partial charge in [-0.3, -0.25) is 0 Å². The van der Waals surface area contributed by atoms with E-state index in [4.69, 9.17) is 0 Å². The summed E-state index contributed by atoms with van der Waals surface area (Å²) in [6.45, 7) is 4.73. The Morgan fingerprint density at radius 3 is 2.68 bits per heavy atom. The second-order valence-electron chi connectivity index (χ2n) is 8.94. The summed E-state index contributed by atoms with van der Waals surface area (Å²) in [5.74, 6) is 1.16. The second kappa shape index (κ2) is 5.73. The summed E-state index contributed by atoms with van der Waals surface area (Å²) in [5, 5.41) is 0. The number of aryl methyl sites for hydroxylation is 1. The van der Waals surface area contributed by atoms with Gasteiger partial charge in [-0.05, 0) is 61.6 Å². The van der Waals surface area contributed by atoms with Crippen LogP contribution in [-0.2, 0) is 11.8 Å². The van der Waals surface area contributed by atoms with Crippen molar-refractivity contribution in [1.29, 1.82) is 0 Å². The molecule has 1 atom stereocenters. The number of aromatic nitrogens is 2.